The highest BCUT2D eigenvalue weighted by Crippen LogP contribution is 2.30. The number of amides is 2. The molecule has 120 valence electrons. The quantitative estimate of drug-likeness (QED) is 0.806. The molecule has 1 saturated heterocycles. The van der Waals surface area contributed by atoms with E-state index in [1.165, 1.54) is 12.8 Å². The molecule has 1 atom stereocenters. The molecule has 2 rings (SSSR count). The standard InChI is InChI=1S/C16H28N2O3/c1-12(2)17(8-5-9-19)16(21)13-10-15(20)18(11-13)14-6-3-4-7-14/h12-14,19H,3-11H2,1-2H3. The van der Waals surface area contributed by atoms with E-state index in [2.05, 4.69) is 0 Å². The first-order valence-electron chi connectivity index (χ1n) is 8.25. The third kappa shape index (κ3) is 3.76. The summed E-state index contributed by atoms with van der Waals surface area (Å²) >= 11 is 0. The summed E-state index contributed by atoms with van der Waals surface area (Å²) in [6.07, 6.45) is 5.52. The van der Waals surface area contributed by atoms with Gasteiger partial charge in [0.05, 0.1) is 5.92 Å². The van der Waals surface area contributed by atoms with E-state index in [4.69, 9.17) is 5.11 Å². The highest BCUT2D eigenvalue weighted by molar-refractivity contribution is 5.89. The Morgan fingerprint density at radius 3 is 2.62 bits per heavy atom. The Labute approximate surface area is 127 Å². The molecule has 0 radical (unpaired) electrons. The number of aliphatic hydroxyl groups is 1. The molecule has 0 aromatic carbocycles. The molecule has 2 aliphatic rings. The average Bonchev–Trinajstić information content (AvgIpc) is 3.07. The topological polar surface area (TPSA) is 60.9 Å². The van der Waals surface area contributed by atoms with Crippen LogP contribution in [0.15, 0.2) is 0 Å². The molecule has 1 aliphatic carbocycles. The Kier molecular flexibility index (Phi) is 5.62. The Bertz CT molecular complexity index is 378. The van der Waals surface area contributed by atoms with Crippen molar-refractivity contribution in [2.24, 2.45) is 5.92 Å². The van der Waals surface area contributed by atoms with Crippen molar-refractivity contribution in [3.8, 4) is 0 Å². The lowest BCUT2D eigenvalue weighted by Gasteiger charge is -2.29. The van der Waals surface area contributed by atoms with Crippen LogP contribution < -0.4 is 0 Å². The van der Waals surface area contributed by atoms with E-state index in [-0.39, 0.29) is 30.4 Å². The van der Waals surface area contributed by atoms with Gasteiger partial charge in [-0.25, -0.2) is 0 Å². The summed E-state index contributed by atoms with van der Waals surface area (Å²) in [5, 5.41) is 8.97. The first-order chi connectivity index (χ1) is 10.0. The molecule has 0 bridgehead atoms. The number of nitrogens with zero attached hydrogens (tertiary/aromatic N) is 2. The molecule has 0 aromatic heterocycles. The second-order valence-corrected chi connectivity index (χ2v) is 6.59. The number of carbonyl (C=O) groups excluding carboxylic acids is 2. The van der Waals surface area contributed by atoms with Gasteiger partial charge in [-0.3, -0.25) is 9.59 Å². The molecule has 5 nitrogen and oxygen atoms in total. The molecular weight excluding hydrogens is 268 g/mol. The van der Waals surface area contributed by atoms with Crippen molar-refractivity contribution in [3.63, 3.8) is 0 Å². The molecule has 1 heterocycles. The maximum absolute atomic E-state index is 12.7. The van der Waals surface area contributed by atoms with Crippen LogP contribution in [0.4, 0.5) is 0 Å². The zero-order chi connectivity index (χ0) is 15.4. The van der Waals surface area contributed by atoms with E-state index < -0.39 is 0 Å². The normalized spacial score (nSPS) is 23.3. The molecule has 0 spiro atoms. The maximum atomic E-state index is 12.7. The molecule has 1 N–H and O–H groups in total. The third-order valence-electron chi connectivity index (χ3n) is 4.74. The predicted octanol–water partition coefficient (Wildman–Crippen LogP) is 1.40. The van der Waals surface area contributed by atoms with E-state index in [1.807, 2.05) is 23.6 Å². The highest BCUT2D eigenvalue weighted by Gasteiger charge is 2.40. The van der Waals surface area contributed by atoms with Gasteiger partial charge in [-0.2, -0.15) is 0 Å². The summed E-state index contributed by atoms with van der Waals surface area (Å²) in [4.78, 5) is 28.6. The summed E-state index contributed by atoms with van der Waals surface area (Å²) in [5.74, 6) is 0.0256. The van der Waals surface area contributed by atoms with Crippen LogP contribution in [-0.2, 0) is 9.59 Å². The molecule has 1 aliphatic heterocycles. The fourth-order valence-corrected chi connectivity index (χ4v) is 3.56. The molecule has 2 fully saturated rings. The van der Waals surface area contributed by atoms with Gasteiger partial charge in [0.1, 0.15) is 0 Å². The van der Waals surface area contributed by atoms with E-state index in [9.17, 15) is 9.59 Å². The Hall–Kier alpha value is -1.10. The van der Waals surface area contributed by atoms with Gasteiger partial charge in [0.2, 0.25) is 11.8 Å². The summed E-state index contributed by atoms with van der Waals surface area (Å²) in [7, 11) is 0. The first kappa shape index (κ1) is 16.3. The van der Waals surface area contributed by atoms with Crippen LogP contribution in [0.25, 0.3) is 0 Å². The average molecular weight is 296 g/mol. The van der Waals surface area contributed by atoms with Gasteiger partial charge in [0.25, 0.3) is 0 Å². The van der Waals surface area contributed by atoms with Crippen molar-refractivity contribution in [1.82, 2.24) is 9.80 Å². The van der Waals surface area contributed by atoms with E-state index >= 15 is 0 Å². The van der Waals surface area contributed by atoms with Gasteiger partial charge in [-0.05, 0) is 33.1 Å². The molecule has 5 heteroatoms. The lowest BCUT2D eigenvalue weighted by Crippen LogP contribution is -2.43. The molecular formula is C16H28N2O3. The monoisotopic (exact) mass is 296 g/mol. The van der Waals surface area contributed by atoms with Crippen molar-refractivity contribution < 1.29 is 14.7 Å². The van der Waals surface area contributed by atoms with Gasteiger partial charge in [-0.1, -0.05) is 12.8 Å². The lowest BCUT2D eigenvalue weighted by molar-refractivity contribution is -0.137. The summed E-state index contributed by atoms with van der Waals surface area (Å²) in [6, 6.07) is 0.472. The van der Waals surface area contributed by atoms with Crippen LogP contribution in [0.3, 0.4) is 0 Å². The van der Waals surface area contributed by atoms with Gasteiger partial charge >= 0.3 is 0 Å². The lowest BCUT2D eigenvalue weighted by atomic mass is 10.1. The van der Waals surface area contributed by atoms with Gasteiger partial charge in [-0.15, -0.1) is 0 Å². The number of hydrogen-bond acceptors (Lipinski definition) is 3. The van der Waals surface area contributed by atoms with Crippen molar-refractivity contribution in [2.45, 2.75) is 64.5 Å². The number of likely N-dealkylation sites (tertiary alicyclic amines) is 1. The maximum Gasteiger partial charge on any atom is 0.228 e. The van der Waals surface area contributed by atoms with E-state index in [1.54, 1.807) is 0 Å². The van der Waals surface area contributed by atoms with Crippen molar-refractivity contribution in [2.75, 3.05) is 19.7 Å². The molecule has 21 heavy (non-hydrogen) atoms. The molecule has 0 aromatic rings. The number of rotatable bonds is 6. The van der Waals surface area contributed by atoms with Crippen molar-refractivity contribution in [3.05, 3.63) is 0 Å². The second kappa shape index (κ2) is 7.25. The minimum atomic E-state index is -0.195. The predicted molar refractivity (Wildman–Crippen MR) is 80.6 cm³/mol. The summed E-state index contributed by atoms with van der Waals surface area (Å²) in [6.45, 7) is 5.22. The SMILES string of the molecule is CC(C)N(CCCO)C(=O)C1CC(=O)N(C2CCCC2)C1. The van der Waals surface area contributed by atoms with Crippen molar-refractivity contribution in [1.29, 1.82) is 0 Å². The fourth-order valence-electron chi connectivity index (χ4n) is 3.56. The van der Waals surface area contributed by atoms with E-state index in [0.717, 1.165) is 12.8 Å². The molecule has 2 amide bonds. The van der Waals surface area contributed by atoms with Crippen LogP contribution in [0.2, 0.25) is 0 Å². The number of hydrogen-bond donors (Lipinski definition) is 1. The first-order valence-corrected chi connectivity index (χ1v) is 8.25. The minimum absolute atomic E-state index is 0.0762. The smallest absolute Gasteiger partial charge is 0.228 e. The number of aliphatic hydroxyl groups excluding tert-OH is 1. The molecule has 1 saturated carbocycles. The van der Waals surface area contributed by atoms with Crippen molar-refractivity contribution >= 4 is 11.8 Å². The van der Waals surface area contributed by atoms with Gasteiger partial charge in [0.15, 0.2) is 0 Å². The van der Waals surface area contributed by atoms with Crippen LogP contribution in [0.1, 0.15) is 52.4 Å². The Morgan fingerprint density at radius 1 is 1.38 bits per heavy atom. The third-order valence-corrected chi connectivity index (χ3v) is 4.74. The van der Waals surface area contributed by atoms with Crippen LogP contribution >= 0.6 is 0 Å². The zero-order valence-corrected chi connectivity index (χ0v) is 13.3. The summed E-state index contributed by atoms with van der Waals surface area (Å²) < 4.78 is 0. The van der Waals surface area contributed by atoms with Crippen LogP contribution in [0, 0.1) is 5.92 Å². The number of carbonyl (C=O) groups is 2. The largest absolute Gasteiger partial charge is 0.396 e. The molecule has 1 unspecified atom stereocenters. The highest BCUT2D eigenvalue weighted by atomic mass is 16.3. The van der Waals surface area contributed by atoms with Gasteiger partial charge < -0.3 is 14.9 Å². The van der Waals surface area contributed by atoms with Crippen LogP contribution in [0.5, 0.6) is 0 Å². The Morgan fingerprint density at radius 2 is 2.05 bits per heavy atom. The van der Waals surface area contributed by atoms with Crippen LogP contribution in [-0.4, -0.2) is 58.5 Å². The Balaban J connectivity index is 1.97. The van der Waals surface area contributed by atoms with E-state index in [0.29, 0.717) is 32.0 Å². The fraction of sp³-hybridized carbons (Fsp3) is 0.875. The van der Waals surface area contributed by atoms with Gasteiger partial charge in [0, 0.05) is 38.2 Å². The second-order valence-electron chi connectivity index (χ2n) is 6.59. The summed E-state index contributed by atoms with van der Waals surface area (Å²) in [5.41, 5.74) is 0. The zero-order valence-electron chi connectivity index (χ0n) is 13.3. The minimum Gasteiger partial charge on any atom is -0.396 e.